The Balaban J connectivity index is 2.81. The van der Waals surface area contributed by atoms with Crippen LogP contribution in [0.1, 0.15) is 33.3 Å². The Morgan fingerprint density at radius 2 is 2.00 bits per heavy atom. The van der Waals surface area contributed by atoms with Crippen LogP contribution < -0.4 is 0 Å². The number of hydrogen-bond donors (Lipinski definition) is 0. The van der Waals surface area contributed by atoms with Crippen LogP contribution in [-0.4, -0.2) is 35.6 Å². The smallest absolute Gasteiger partial charge is 0.340 e. The molecule has 0 saturated heterocycles. The van der Waals surface area contributed by atoms with Crippen molar-refractivity contribution in [3.05, 3.63) is 57.4 Å². The third kappa shape index (κ3) is 3.63. The number of nitro groups is 1. The fourth-order valence-corrected chi connectivity index (χ4v) is 2.40. The number of hydrogen-bond acceptors (Lipinski definition) is 7. The first kappa shape index (κ1) is 18.1. The van der Waals surface area contributed by atoms with E-state index in [2.05, 4.69) is 4.98 Å². The molecule has 0 bridgehead atoms. The summed E-state index contributed by atoms with van der Waals surface area (Å²) >= 11 is 0. The zero-order valence-electron chi connectivity index (χ0n) is 13.9. The van der Waals surface area contributed by atoms with Crippen LogP contribution in [0.3, 0.4) is 0 Å². The Labute approximate surface area is 143 Å². The summed E-state index contributed by atoms with van der Waals surface area (Å²) in [6.07, 6.45) is 1.29. The van der Waals surface area contributed by atoms with E-state index in [1.807, 2.05) is 0 Å². The molecule has 1 heterocycles. The highest BCUT2D eigenvalue weighted by Gasteiger charge is 2.25. The third-order valence-electron chi connectivity index (χ3n) is 3.50. The quantitative estimate of drug-likeness (QED) is 0.466. The summed E-state index contributed by atoms with van der Waals surface area (Å²) in [4.78, 5) is 39.1. The number of nitro benzene ring substituents is 1. The Morgan fingerprint density at radius 1 is 1.28 bits per heavy atom. The number of carbonyl (C=O) groups is 2. The third-order valence-corrected chi connectivity index (χ3v) is 3.50. The lowest BCUT2D eigenvalue weighted by molar-refractivity contribution is -0.384. The first-order valence-corrected chi connectivity index (χ1v) is 7.40. The molecule has 1 aromatic heterocycles. The number of nitrogens with zero attached hydrogens (tertiary/aromatic N) is 2. The monoisotopic (exact) mass is 344 g/mol. The zero-order valence-corrected chi connectivity index (χ0v) is 13.9. The minimum atomic E-state index is -0.697. The largest absolute Gasteiger partial charge is 0.465 e. The van der Waals surface area contributed by atoms with Gasteiger partial charge in [-0.1, -0.05) is 12.1 Å². The molecule has 8 nitrogen and oxygen atoms in total. The van der Waals surface area contributed by atoms with Crippen LogP contribution in [0, 0.1) is 17.0 Å². The van der Waals surface area contributed by atoms with Gasteiger partial charge < -0.3 is 9.47 Å². The summed E-state index contributed by atoms with van der Waals surface area (Å²) in [5.41, 5.74) is 0.783. The van der Waals surface area contributed by atoms with Crippen LogP contribution in [0.15, 0.2) is 30.5 Å². The highest BCUT2D eigenvalue weighted by atomic mass is 16.6. The molecule has 0 unspecified atom stereocenters. The number of ether oxygens (including phenoxy) is 2. The first-order valence-electron chi connectivity index (χ1n) is 7.40. The van der Waals surface area contributed by atoms with Gasteiger partial charge in [0.15, 0.2) is 0 Å². The second-order valence-corrected chi connectivity index (χ2v) is 5.03. The number of carbonyl (C=O) groups excluding carboxylic acids is 2. The molecule has 0 fully saturated rings. The van der Waals surface area contributed by atoms with Gasteiger partial charge in [0.05, 0.1) is 35.5 Å². The Hall–Kier alpha value is -3.29. The van der Waals surface area contributed by atoms with Gasteiger partial charge in [-0.2, -0.15) is 0 Å². The molecular weight excluding hydrogens is 328 g/mol. The molecule has 1 aromatic carbocycles. The average molecular weight is 344 g/mol. The number of aromatic nitrogens is 1. The van der Waals surface area contributed by atoms with Crippen molar-refractivity contribution in [1.82, 2.24) is 4.98 Å². The maximum absolute atomic E-state index is 12.3. The van der Waals surface area contributed by atoms with E-state index in [-0.39, 0.29) is 29.0 Å². The van der Waals surface area contributed by atoms with E-state index in [0.717, 1.165) is 0 Å². The topological polar surface area (TPSA) is 109 Å². The van der Waals surface area contributed by atoms with Gasteiger partial charge in [-0.25, -0.2) is 9.59 Å². The second-order valence-electron chi connectivity index (χ2n) is 5.03. The van der Waals surface area contributed by atoms with Crippen molar-refractivity contribution < 1.29 is 24.0 Å². The van der Waals surface area contributed by atoms with E-state index in [0.29, 0.717) is 11.3 Å². The van der Waals surface area contributed by atoms with Crippen molar-refractivity contribution in [2.75, 3.05) is 13.7 Å². The van der Waals surface area contributed by atoms with Gasteiger partial charge in [-0.3, -0.25) is 15.1 Å². The van der Waals surface area contributed by atoms with Crippen LogP contribution in [0.5, 0.6) is 0 Å². The predicted molar refractivity (Wildman–Crippen MR) is 88.4 cm³/mol. The predicted octanol–water partition coefficient (Wildman–Crippen LogP) is 2.93. The molecule has 130 valence electrons. The number of esters is 2. The fraction of sp³-hybridized carbons (Fsp3) is 0.235. The van der Waals surface area contributed by atoms with Gasteiger partial charge in [-0.15, -0.1) is 0 Å². The van der Waals surface area contributed by atoms with E-state index in [1.165, 1.54) is 31.5 Å². The number of benzene rings is 1. The molecular formula is C17H16N2O6. The molecule has 0 atom stereocenters. The lowest BCUT2D eigenvalue weighted by atomic mass is 9.94. The SMILES string of the molecule is CCOC(=O)c1cnc(C)c(C(=O)OC)c1-c1cccc([N+](=O)[O-])c1. The number of methoxy groups -OCH3 is 1. The number of rotatable bonds is 5. The molecule has 0 saturated carbocycles. The van der Waals surface area contributed by atoms with Crippen LogP contribution in [0.4, 0.5) is 5.69 Å². The lowest BCUT2D eigenvalue weighted by Gasteiger charge is -2.14. The van der Waals surface area contributed by atoms with Crippen molar-refractivity contribution in [1.29, 1.82) is 0 Å². The van der Waals surface area contributed by atoms with Gasteiger partial charge in [0.2, 0.25) is 0 Å². The Kier molecular flexibility index (Phi) is 5.43. The van der Waals surface area contributed by atoms with Crippen molar-refractivity contribution in [3.63, 3.8) is 0 Å². The standard InChI is InChI=1S/C17H16N2O6/c1-4-25-16(20)13-9-18-10(2)14(17(21)24-3)15(13)11-6-5-7-12(8-11)19(22)23/h5-9H,4H2,1-3H3. The van der Waals surface area contributed by atoms with E-state index in [1.54, 1.807) is 19.9 Å². The molecule has 2 rings (SSSR count). The van der Waals surface area contributed by atoms with Crippen LogP contribution in [0.25, 0.3) is 11.1 Å². The van der Waals surface area contributed by atoms with Crippen molar-refractivity contribution in [2.24, 2.45) is 0 Å². The molecule has 0 aliphatic heterocycles. The van der Waals surface area contributed by atoms with Gasteiger partial charge in [0.25, 0.3) is 5.69 Å². The Morgan fingerprint density at radius 3 is 2.60 bits per heavy atom. The summed E-state index contributed by atoms with van der Waals surface area (Å²) in [5.74, 6) is -1.38. The summed E-state index contributed by atoms with van der Waals surface area (Å²) in [7, 11) is 1.20. The average Bonchev–Trinajstić information content (AvgIpc) is 2.61. The highest BCUT2D eigenvalue weighted by molar-refractivity contribution is 6.06. The van der Waals surface area contributed by atoms with Gasteiger partial charge >= 0.3 is 11.9 Å². The van der Waals surface area contributed by atoms with E-state index >= 15 is 0 Å². The van der Waals surface area contributed by atoms with Crippen molar-refractivity contribution >= 4 is 17.6 Å². The molecule has 0 aliphatic rings. The minimum Gasteiger partial charge on any atom is -0.465 e. The maximum atomic E-state index is 12.3. The van der Waals surface area contributed by atoms with Gasteiger partial charge in [-0.05, 0) is 19.4 Å². The molecule has 2 aromatic rings. The fourth-order valence-electron chi connectivity index (χ4n) is 2.40. The van der Waals surface area contributed by atoms with E-state index in [9.17, 15) is 19.7 Å². The van der Waals surface area contributed by atoms with Crippen LogP contribution >= 0.6 is 0 Å². The number of pyridine rings is 1. The van der Waals surface area contributed by atoms with Crippen LogP contribution in [-0.2, 0) is 9.47 Å². The normalized spacial score (nSPS) is 10.2. The minimum absolute atomic E-state index is 0.0355. The maximum Gasteiger partial charge on any atom is 0.340 e. The van der Waals surface area contributed by atoms with Gasteiger partial charge in [0.1, 0.15) is 0 Å². The van der Waals surface area contributed by atoms with Gasteiger partial charge in [0, 0.05) is 23.9 Å². The molecule has 8 heteroatoms. The molecule has 0 spiro atoms. The number of aryl methyl sites for hydroxylation is 1. The van der Waals surface area contributed by atoms with Crippen LogP contribution in [0.2, 0.25) is 0 Å². The molecule has 0 N–H and O–H groups in total. The van der Waals surface area contributed by atoms with Crippen molar-refractivity contribution in [3.8, 4) is 11.1 Å². The first-order chi connectivity index (χ1) is 11.9. The summed E-state index contributed by atoms with van der Waals surface area (Å²) < 4.78 is 9.80. The molecule has 0 amide bonds. The second kappa shape index (κ2) is 7.52. The zero-order chi connectivity index (χ0) is 18.6. The summed E-state index contributed by atoms with van der Waals surface area (Å²) in [5, 5.41) is 11.1. The molecule has 0 radical (unpaired) electrons. The van der Waals surface area contributed by atoms with Crippen molar-refractivity contribution in [2.45, 2.75) is 13.8 Å². The highest BCUT2D eigenvalue weighted by Crippen LogP contribution is 2.32. The summed E-state index contributed by atoms with van der Waals surface area (Å²) in [6, 6.07) is 5.64. The van der Waals surface area contributed by atoms with E-state index in [4.69, 9.17) is 9.47 Å². The van der Waals surface area contributed by atoms with E-state index < -0.39 is 16.9 Å². The number of non-ortho nitro benzene ring substituents is 1. The Bertz CT molecular complexity index is 847. The summed E-state index contributed by atoms with van der Waals surface area (Å²) in [6.45, 7) is 3.37. The molecule has 25 heavy (non-hydrogen) atoms. The molecule has 0 aliphatic carbocycles. The lowest BCUT2D eigenvalue weighted by Crippen LogP contribution is -2.14.